The standard InChI is InChI=1S/C21H36N4O10/c1-9(2)7-11(22)17(30)20(33)25-16(10(3)4)19(32)23-12(5-6-14(26)27)18(31)24-13(21(34)35)8-15(28)29/h9-13,16-17,30H,5-8,22H2,1-4H3,(H,23,32)(H,24,31)(H,25,33)(H,26,27)(H,28,29)(H,34,35). The van der Waals surface area contributed by atoms with E-state index in [0.717, 1.165) is 0 Å². The minimum Gasteiger partial charge on any atom is -0.481 e. The van der Waals surface area contributed by atoms with Crippen LogP contribution in [0.25, 0.3) is 0 Å². The van der Waals surface area contributed by atoms with Crippen molar-refractivity contribution in [2.45, 2.75) is 83.6 Å². The van der Waals surface area contributed by atoms with Crippen molar-refractivity contribution in [1.29, 1.82) is 0 Å². The number of carbonyl (C=O) groups is 6. The minimum absolute atomic E-state index is 0.0981. The lowest BCUT2D eigenvalue weighted by Gasteiger charge is -2.27. The van der Waals surface area contributed by atoms with Crippen molar-refractivity contribution < 1.29 is 49.2 Å². The van der Waals surface area contributed by atoms with E-state index in [0.29, 0.717) is 6.42 Å². The van der Waals surface area contributed by atoms with Crippen molar-refractivity contribution in [1.82, 2.24) is 16.0 Å². The van der Waals surface area contributed by atoms with Crippen LogP contribution in [0.4, 0.5) is 0 Å². The average molecular weight is 505 g/mol. The molecule has 0 saturated heterocycles. The molecule has 0 fully saturated rings. The Morgan fingerprint density at radius 1 is 0.771 bits per heavy atom. The van der Waals surface area contributed by atoms with Gasteiger partial charge in [-0.15, -0.1) is 0 Å². The summed E-state index contributed by atoms with van der Waals surface area (Å²) in [7, 11) is 0. The van der Waals surface area contributed by atoms with E-state index in [2.05, 4.69) is 10.6 Å². The van der Waals surface area contributed by atoms with E-state index in [9.17, 15) is 33.9 Å². The molecule has 200 valence electrons. The Morgan fingerprint density at radius 3 is 1.74 bits per heavy atom. The molecule has 9 N–H and O–H groups in total. The van der Waals surface area contributed by atoms with Gasteiger partial charge in [-0.1, -0.05) is 27.7 Å². The molecule has 0 aromatic heterocycles. The molecule has 0 aromatic rings. The lowest BCUT2D eigenvalue weighted by atomic mass is 9.98. The molecule has 35 heavy (non-hydrogen) atoms. The molecule has 0 bridgehead atoms. The fraction of sp³-hybridized carbons (Fsp3) is 0.714. The fourth-order valence-electron chi connectivity index (χ4n) is 3.09. The van der Waals surface area contributed by atoms with Gasteiger partial charge in [-0.25, -0.2) is 4.79 Å². The quantitative estimate of drug-likeness (QED) is 0.117. The van der Waals surface area contributed by atoms with Gasteiger partial charge in [0.1, 0.15) is 24.2 Å². The van der Waals surface area contributed by atoms with Gasteiger partial charge in [-0.3, -0.25) is 24.0 Å². The lowest BCUT2D eigenvalue weighted by molar-refractivity contribution is -0.147. The zero-order chi connectivity index (χ0) is 27.5. The first-order chi connectivity index (χ1) is 16.1. The van der Waals surface area contributed by atoms with E-state index in [-0.39, 0.29) is 5.92 Å². The highest BCUT2D eigenvalue weighted by Crippen LogP contribution is 2.09. The first-order valence-corrected chi connectivity index (χ1v) is 11.1. The van der Waals surface area contributed by atoms with Gasteiger partial charge in [-0.05, 0) is 24.7 Å². The van der Waals surface area contributed by atoms with E-state index >= 15 is 0 Å². The van der Waals surface area contributed by atoms with Crippen LogP contribution in [0.3, 0.4) is 0 Å². The van der Waals surface area contributed by atoms with E-state index in [1.165, 1.54) is 0 Å². The zero-order valence-corrected chi connectivity index (χ0v) is 20.2. The molecule has 0 saturated carbocycles. The predicted octanol–water partition coefficient (Wildman–Crippen LogP) is -1.74. The monoisotopic (exact) mass is 504 g/mol. The first kappa shape index (κ1) is 31.7. The molecule has 0 rings (SSSR count). The molecule has 0 aliphatic carbocycles. The molecular weight excluding hydrogens is 468 g/mol. The third-order valence-corrected chi connectivity index (χ3v) is 4.94. The van der Waals surface area contributed by atoms with Crippen molar-refractivity contribution in [3.8, 4) is 0 Å². The van der Waals surface area contributed by atoms with Crippen molar-refractivity contribution >= 4 is 35.6 Å². The van der Waals surface area contributed by atoms with Crippen molar-refractivity contribution in [2.75, 3.05) is 0 Å². The van der Waals surface area contributed by atoms with Crippen molar-refractivity contribution in [2.24, 2.45) is 17.6 Å². The van der Waals surface area contributed by atoms with Crippen LogP contribution >= 0.6 is 0 Å². The molecular formula is C21H36N4O10. The minimum atomic E-state index is -1.82. The molecule has 14 heteroatoms. The van der Waals surface area contributed by atoms with Crippen LogP contribution in [-0.4, -0.2) is 86.3 Å². The van der Waals surface area contributed by atoms with Gasteiger partial charge < -0.3 is 42.1 Å². The number of carbonyl (C=O) groups excluding carboxylic acids is 3. The number of hydrogen-bond acceptors (Lipinski definition) is 8. The Kier molecular flexibility index (Phi) is 13.5. The summed E-state index contributed by atoms with van der Waals surface area (Å²) in [4.78, 5) is 71.0. The third kappa shape index (κ3) is 12.1. The van der Waals surface area contributed by atoms with Gasteiger partial charge in [0.2, 0.25) is 11.8 Å². The number of rotatable bonds is 16. The molecule has 14 nitrogen and oxygen atoms in total. The second-order valence-corrected chi connectivity index (χ2v) is 8.96. The SMILES string of the molecule is CC(C)CC(N)C(O)C(=O)NC(C(=O)NC(CCC(=O)O)C(=O)NC(CC(=O)O)C(=O)O)C(C)C. The van der Waals surface area contributed by atoms with Gasteiger partial charge >= 0.3 is 17.9 Å². The maximum absolute atomic E-state index is 12.9. The van der Waals surface area contributed by atoms with Crippen LogP contribution in [0, 0.1) is 11.8 Å². The first-order valence-electron chi connectivity index (χ1n) is 11.1. The largest absolute Gasteiger partial charge is 0.481 e. The number of carboxylic acid groups (broad SMARTS) is 3. The van der Waals surface area contributed by atoms with Crippen LogP contribution in [0.1, 0.15) is 53.4 Å². The maximum atomic E-state index is 12.9. The Bertz CT molecular complexity index is 786. The Balaban J connectivity index is 5.57. The summed E-state index contributed by atoms with van der Waals surface area (Å²) in [6.45, 7) is 6.85. The summed E-state index contributed by atoms with van der Waals surface area (Å²) in [5.74, 6) is -7.78. The highest BCUT2D eigenvalue weighted by atomic mass is 16.4. The predicted molar refractivity (Wildman–Crippen MR) is 121 cm³/mol. The van der Waals surface area contributed by atoms with Gasteiger partial charge in [0.15, 0.2) is 0 Å². The smallest absolute Gasteiger partial charge is 0.326 e. The normalized spacial score (nSPS) is 15.4. The fourth-order valence-corrected chi connectivity index (χ4v) is 3.09. The van der Waals surface area contributed by atoms with Crippen LogP contribution < -0.4 is 21.7 Å². The van der Waals surface area contributed by atoms with Gasteiger partial charge in [0, 0.05) is 12.5 Å². The molecule has 0 aliphatic heterocycles. The van der Waals surface area contributed by atoms with Crippen LogP contribution in [0.15, 0.2) is 0 Å². The number of aliphatic hydroxyl groups excluding tert-OH is 1. The molecule has 3 amide bonds. The van der Waals surface area contributed by atoms with Gasteiger partial charge in [0.25, 0.3) is 5.91 Å². The Morgan fingerprint density at radius 2 is 1.31 bits per heavy atom. The van der Waals surface area contributed by atoms with Crippen LogP contribution in [0.2, 0.25) is 0 Å². The Labute approximate surface area is 202 Å². The summed E-state index contributed by atoms with van der Waals surface area (Å²) in [5.41, 5.74) is 5.83. The maximum Gasteiger partial charge on any atom is 0.326 e. The molecule has 0 aliphatic rings. The third-order valence-electron chi connectivity index (χ3n) is 4.94. The number of nitrogens with one attached hydrogen (secondary N) is 3. The van der Waals surface area contributed by atoms with Crippen molar-refractivity contribution in [3.63, 3.8) is 0 Å². The second-order valence-electron chi connectivity index (χ2n) is 8.96. The average Bonchev–Trinajstić information content (AvgIpc) is 2.71. The number of amides is 3. The molecule has 0 spiro atoms. The number of aliphatic carboxylic acids is 3. The topological polar surface area (TPSA) is 245 Å². The van der Waals surface area contributed by atoms with E-state index in [1.54, 1.807) is 13.8 Å². The second kappa shape index (κ2) is 14.9. The number of aliphatic hydroxyl groups is 1. The molecule has 5 atom stereocenters. The number of hydrogen-bond donors (Lipinski definition) is 8. The summed E-state index contributed by atoms with van der Waals surface area (Å²) in [6, 6.07) is -5.50. The van der Waals surface area contributed by atoms with E-state index in [4.69, 9.17) is 21.1 Å². The van der Waals surface area contributed by atoms with E-state index in [1.807, 2.05) is 19.2 Å². The van der Waals surface area contributed by atoms with E-state index < -0.39 is 91.1 Å². The molecule has 0 aromatic carbocycles. The molecule has 5 unspecified atom stereocenters. The summed E-state index contributed by atoms with van der Waals surface area (Å²) >= 11 is 0. The zero-order valence-electron chi connectivity index (χ0n) is 20.2. The number of carboxylic acids is 3. The molecule has 0 heterocycles. The number of nitrogens with two attached hydrogens (primary N) is 1. The van der Waals surface area contributed by atoms with Crippen LogP contribution in [-0.2, 0) is 28.8 Å². The van der Waals surface area contributed by atoms with Crippen molar-refractivity contribution in [3.05, 3.63) is 0 Å². The molecule has 0 radical (unpaired) electrons. The van der Waals surface area contributed by atoms with Gasteiger partial charge in [-0.2, -0.15) is 0 Å². The lowest BCUT2D eigenvalue weighted by Crippen LogP contribution is -2.59. The Hall–Kier alpha value is -3.26. The summed E-state index contributed by atoms with van der Waals surface area (Å²) < 4.78 is 0. The summed E-state index contributed by atoms with van der Waals surface area (Å²) in [6.07, 6.45) is -3.22. The highest BCUT2D eigenvalue weighted by molar-refractivity contribution is 5.94. The highest BCUT2D eigenvalue weighted by Gasteiger charge is 2.33. The summed E-state index contributed by atoms with van der Waals surface area (Å²) in [5, 5.41) is 43.7. The van der Waals surface area contributed by atoms with Gasteiger partial charge in [0.05, 0.1) is 6.42 Å². The van der Waals surface area contributed by atoms with Crippen LogP contribution in [0.5, 0.6) is 0 Å².